The Morgan fingerprint density at radius 3 is 2.58 bits per heavy atom. The molecule has 2 saturated heterocycles. The first-order valence-electron chi connectivity index (χ1n) is 14.6. The van der Waals surface area contributed by atoms with Gasteiger partial charge in [0.25, 0.3) is 5.91 Å². The molecule has 10 heteroatoms. The molecule has 1 aliphatic carbocycles. The lowest BCUT2D eigenvalue weighted by atomic mass is 9.80. The van der Waals surface area contributed by atoms with Gasteiger partial charge in [0.1, 0.15) is 0 Å². The van der Waals surface area contributed by atoms with Crippen LogP contribution in [0.15, 0.2) is 24.3 Å². The van der Waals surface area contributed by atoms with Crippen molar-refractivity contribution in [3.05, 3.63) is 35.5 Å². The predicted molar refractivity (Wildman–Crippen MR) is 155 cm³/mol. The van der Waals surface area contributed by atoms with E-state index in [0.29, 0.717) is 37.2 Å². The molecule has 4 atom stereocenters. The van der Waals surface area contributed by atoms with E-state index in [0.717, 1.165) is 48.7 Å². The van der Waals surface area contributed by atoms with E-state index >= 15 is 0 Å². The Labute approximate surface area is 239 Å². The van der Waals surface area contributed by atoms with Crippen LogP contribution < -0.4 is 10.6 Å². The Morgan fingerprint density at radius 1 is 1.20 bits per heavy atom. The first kappa shape index (κ1) is 29.3. The molecule has 3 fully saturated rings. The molecule has 1 aromatic carbocycles. The maximum Gasteiger partial charge on any atom is 0.345 e. The third kappa shape index (κ3) is 5.90. The molecule has 2 N–H and O–H groups in total. The van der Waals surface area contributed by atoms with Gasteiger partial charge in [-0.3, -0.25) is 14.5 Å². The van der Waals surface area contributed by atoms with Gasteiger partial charge >= 0.3 is 6.61 Å². The summed E-state index contributed by atoms with van der Waals surface area (Å²) in [5, 5.41) is 7.25. The number of nitrogens with one attached hydrogen (secondary N) is 2. The minimum atomic E-state index is -2.70. The topological polar surface area (TPSA) is 75.6 Å². The highest BCUT2D eigenvalue weighted by atomic mass is 32.2. The Hall–Kier alpha value is -2.17. The van der Waals surface area contributed by atoms with Crippen molar-refractivity contribution in [2.24, 2.45) is 11.8 Å². The average molecular weight is 577 g/mol. The van der Waals surface area contributed by atoms with Gasteiger partial charge in [-0.2, -0.15) is 20.5 Å². The largest absolute Gasteiger partial charge is 0.353 e. The zero-order valence-corrected chi connectivity index (χ0v) is 24.7. The average Bonchev–Trinajstić information content (AvgIpc) is 3.20. The molecule has 2 amide bonds. The lowest BCUT2D eigenvalue weighted by molar-refractivity contribution is -0.202. The number of piperidine rings is 1. The number of carbonyl (C=O) groups is 2. The first-order valence-corrected chi connectivity index (χ1v) is 15.8. The Morgan fingerprint density at radius 2 is 1.90 bits per heavy atom. The van der Waals surface area contributed by atoms with E-state index in [9.17, 15) is 18.4 Å². The van der Waals surface area contributed by atoms with E-state index in [1.165, 1.54) is 0 Å². The second-order valence-corrected chi connectivity index (χ2v) is 12.9. The van der Waals surface area contributed by atoms with Crippen LogP contribution in [0.25, 0.3) is 10.9 Å². The van der Waals surface area contributed by atoms with Crippen LogP contribution in [-0.2, 0) is 9.53 Å². The summed E-state index contributed by atoms with van der Waals surface area (Å²) in [6, 6.07) is 8.87. The third-order valence-electron chi connectivity index (χ3n) is 9.45. The number of aromatic nitrogens is 1. The van der Waals surface area contributed by atoms with Crippen molar-refractivity contribution < 1.29 is 23.1 Å². The van der Waals surface area contributed by atoms with Gasteiger partial charge in [0, 0.05) is 59.6 Å². The van der Waals surface area contributed by atoms with Gasteiger partial charge < -0.3 is 19.9 Å². The second-order valence-electron chi connectivity index (χ2n) is 11.9. The first-order chi connectivity index (χ1) is 19.2. The molecule has 7 nitrogen and oxygen atoms in total. The summed E-state index contributed by atoms with van der Waals surface area (Å²) < 4.78 is 31.9. The van der Waals surface area contributed by atoms with E-state index in [2.05, 4.69) is 37.8 Å². The number of benzene rings is 1. The maximum absolute atomic E-state index is 13.6. The van der Waals surface area contributed by atoms with Crippen LogP contribution in [0.4, 0.5) is 8.78 Å². The van der Waals surface area contributed by atoms with Crippen LogP contribution >= 0.6 is 11.8 Å². The van der Waals surface area contributed by atoms with Gasteiger partial charge in [-0.1, -0.05) is 18.2 Å². The summed E-state index contributed by atoms with van der Waals surface area (Å²) in [4.78, 5) is 28.6. The van der Waals surface area contributed by atoms with Crippen LogP contribution in [0, 0.1) is 18.8 Å². The number of hydrogen-bond acceptors (Lipinski definition) is 5. The Balaban J connectivity index is 1.26. The number of carbonyl (C=O) groups excluding carboxylic acids is 2. The Kier molecular flexibility index (Phi) is 9.07. The molecule has 1 aromatic heterocycles. The van der Waals surface area contributed by atoms with Crippen molar-refractivity contribution in [3.8, 4) is 0 Å². The normalized spacial score (nSPS) is 28.9. The summed E-state index contributed by atoms with van der Waals surface area (Å²) in [5.74, 6) is 0.0953. The molecule has 3 heterocycles. The SMILES string of the molecule is CSC1CC(C)NC(=O)C1CNC(=O)c1c(C)n([C@H](C)C2CCC(N3CC(OC(F)F)C3)CC2)c2ccccc12. The van der Waals surface area contributed by atoms with Crippen molar-refractivity contribution in [2.45, 2.75) is 89.0 Å². The zero-order valence-electron chi connectivity index (χ0n) is 23.9. The number of ether oxygens (including phenoxy) is 1. The summed E-state index contributed by atoms with van der Waals surface area (Å²) in [6.45, 7) is 5.11. The fourth-order valence-corrected chi connectivity index (χ4v) is 8.26. The zero-order chi connectivity index (χ0) is 28.6. The molecule has 220 valence electrons. The number of halogens is 2. The summed E-state index contributed by atoms with van der Waals surface area (Å²) in [7, 11) is 0. The van der Waals surface area contributed by atoms with Gasteiger partial charge in [0.15, 0.2) is 0 Å². The van der Waals surface area contributed by atoms with Gasteiger partial charge in [0.05, 0.1) is 17.6 Å². The van der Waals surface area contributed by atoms with Crippen LogP contribution in [-0.4, -0.2) is 77.2 Å². The van der Waals surface area contributed by atoms with E-state index in [1.54, 1.807) is 11.8 Å². The van der Waals surface area contributed by atoms with Crippen LogP contribution in [0.5, 0.6) is 0 Å². The van der Waals surface area contributed by atoms with Crippen molar-refractivity contribution in [2.75, 3.05) is 25.9 Å². The number of nitrogens with zero attached hydrogens (tertiary/aromatic N) is 2. The second kappa shape index (κ2) is 12.4. The number of likely N-dealkylation sites (tertiary alicyclic amines) is 1. The number of fused-ring (bicyclic) bond motifs is 1. The fourth-order valence-electron chi connectivity index (χ4n) is 7.23. The fraction of sp³-hybridized carbons (Fsp3) is 0.667. The molecule has 0 spiro atoms. The van der Waals surface area contributed by atoms with Gasteiger partial charge in [-0.05, 0) is 71.1 Å². The molecule has 1 saturated carbocycles. The van der Waals surface area contributed by atoms with Crippen molar-refractivity contribution >= 4 is 34.5 Å². The molecule has 3 aliphatic rings. The molecular formula is C30H42F2N4O3S. The molecule has 40 heavy (non-hydrogen) atoms. The molecule has 5 rings (SSSR count). The lowest BCUT2D eigenvalue weighted by Crippen LogP contribution is -2.57. The van der Waals surface area contributed by atoms with Gasteiger partial charge in [-0.15, -0.1) is 0 Å². The standard InChI is InChI=1S/C30H42F2N4O3S/c1-17-13-26(40-4)24(28(37)34-17)14-33-29(38)27-19(3)36(25-8-6-5-7-23(25)27)18(2)20-9-11-21(12-10-20)35-15-22(16-35)39-30(31)32/h5-8,17-18,20-22,24,26,30H,9-16H2,1-4H3,(H,33,38)(H,34,37)/t17?,18-,20?,21?,24?,26?/m1/s1. The number of thioether (sulfide) groups is 1. The summed E-state index contributed by atoms with van der Waals surface area (Å²) in [5.41, 5.74) is 2.69. The van der Waals surface area contributed by atoms with Crippen molar-refractivity contribution in [1.29, 1.82) is 0 Å². The highest BCUT2D eigenvalue weighted by Crippen LogP contribution is 2.40. The molecule has 2 aromatic rings. The molecule has 2 aliphatic heterocycles. The minimum Gasteiger partial charge on any atom is -0.353 e. The number of amides is 2. The monoisotopic (exact) mass is 576 g/mol. The number of para-hydroxylation sites is 1. The minimum absolute atomic E-state index is 0.0112. The molecule has 3 unspecified atom stereocenters. The van der Waals surface area contributed by atoms with Gasteiger partial charge in [0.2, 0.25) is 5.91 Å². The van der Waals surface area contributed by atoms with Crippen molar-refractivity contribution in [1.82, 2.24) is 20.1 Å². The van der Waals surface area contributed by atoms with E-state index in [1.807, 2.05) is 38.3 Å². The summed E-state index contributed by atoms with van der Waals surface area (Å²) >= 11 is 1.69. The van der Waals surface area contributed by atoms with E-state index in [4.69, 9.17) is 0 Å². The molecule has 0 bridgehead atoms. The van der Waals surface area contributed by atoms with Crippen LogP contribution in [0.1, 0.15) is 68.0 Å². The maximum atomic E-state index is 13.6. The molecule has 0 radical (unpaired) electrons. The Bertz CT molecular complexity index is 1210. The number of rotatable bonds is 9. The predicted octanol–water partition coefficient (Wildman–Crippen LogP) is 4.98. The quantitative estimate of drug-likeness (QED) is 0.441. The van der Waals surface area contributed by atoms with Gasteiger partial charge in [-0.25, -0.2) is 0 Å². The van der Waals surface area contributed by atoms with E-state index < -0.39 is 6.61 Å². The number of alkyl halides is 2. The highest BCUT2D eigenvalue weighted by molar-refractivity contribution is 7.99. The highest BCUT2D eigenvalue weighted by Gasteiger charge is 2.38. The number of hydrogen-bond donors (Lipinski definition) is 2. The smallest absolute Gasteiger partial charge is 0.345 e. The summed E-state index contributed by atoms with van der Waals surface area (Å²) in [6.07, 6.45) is 6.77. The third-order valence-corrected chi connectivity index (χ3v) is 10.6. The molecular weight excluding hydrogens is 534 g/mol. The lowest BCUT2D eigenvalue weighted by Gasteiger charge is -2.46. The van der Waals surface area contributed by atoms with E-state index in [-0.39, 0.29) is 41.2 Å². The van der Waals surface area contributed by atoms with Crippen LogP contribution in [0.3, 0.4) is 0 Å². The van der Waals surface area contributed by atoms with Crippen LogP contribution in [0.2, 0.25) is 0 Å². The van der Waals surface area contributed by atoms with Crippen molar-refractivity contribution in [3.63, 3.8) is 0 Å².